The van der Waals surface area contributed by atoms with E-state index in [0.717, 1.165) is 50.9 Å². The quantitative estimate of drug-likeness (QED) is 0.177. The van der Waals surface area contributed by atoms with Crippen molar-refractivity contribution in [2.45, 2.75) is 133 Å². The maximum Gasteiger partial charge on any atom is 0.145 e. The zero-order chi connectivity index (χ0) is 47.1. The fourth-order valence-corrected chi connectivity index (χ4v) is 15.4. The van der Waals surface area contributed by atoms with Crippen LogP contribution < -0.4 is 31.9 Å². The Kier molecular flexibility index (Phi) is 12.3. The third-order valence-corrected chi connectivity index (χ3v) is 18.3. The third-order valence-electron chi connectivity index (χ3n) is 18.3. The maximum absolute atomic E-state index is 10.9. The van der Waals surface area contributed by atoms with Gasteiger partial charge in [-0.25, -0.2) is 5.21 Å². The number of aryl methyl sites for hydroxylation is 3. The average Bonchev–Trinajstić information content (AvgIpc) is 4.00. The largest absolute Gasteiger partial charge is 1.00 e. The third kappa shape index (κ3) is 6.36. The molecule has 0 radical (unpaired) electrons. The molecule has 3 unspecified atom stereocenters. The van der Waals surface area contributed by atoms with E-state index in [1.807, 2.05) is 7.05 Å². The summed E-state index contributed by atoms with van der Waals surface area (Å²) in [6, 6.07) is 14.8. The SMILES string of the molecule is CC1=CC=C2C3Cc4ccc(C)c5c4[C@@]2(CCN3)[C@H]1O5.CC1=CC=C2C3Cc4ccc(C)c5c4[C@@]2(CCN3C)[C@H]1O5.CC1=CC=C2C3Cc4ccc(C)c5c4[C@@]2(CC[N@@+]3(C)O)[C@H]1O5.F.FF.FF.[Cl-]. The number of piperidine rings is 3. The zero-order valence-electron chi connectivity index (χ0n) is 40.6. The molecule has 368 valence electrons. The van der Waals surface area contributed by atoms with E-state index in [1.165, 1.54) is 96.8 Å². The molecule has 15 rings (SSSR count). The Morgan fingerprint density at radius 1 is 0.594 bits per heavy atom. The Hall–Kier alpha value is -4.72. The number of likely N-dealkylation sites (tertiary alicyclic amines) is 2. The van der Waals surface area contributed by atoms with Crippen LogP contribution in [0.3, 0.4) is 0 Å². The lowest BCUT2D eigenvalue weighted by molar-refractivity contribution is -1.11. The average molecular weight is 973 g/mol. The molecule has 3 fully saturated rings. The highest BCUT2D eigenvalue weighted by Crippen LogP contribution is 2.64. The minimum atomic E-state index is -0.0288. The molecule has 13 heteroatoms. The van der Waals surface area contributed by atoms with E-state index in [0.29, 0.717) is 12.1 Å². The summed E-state index contributed by atoms with van der Waals surface area (Å²) in [5, 5.41) is 14.6. The molecule has 6 aliphatic heterocycles. The first kappa shape index (κ1) is 49.3. The molecule has 3 aromatic rings. The van der Waals surface area contributed by atoms with Crippen LogP contribution in [0.2, 0.25) is 0 Å². The van der Waals surface area contributed by atoms with Crippen molar-refractivity contribution in [1.82, 2.24) is 10.2 Å². The first-order valence-electron chi connectivity index (χ1n) is 24.1. The summed E-state index contributed by atoms with van der Waals surface area (Å²) in [7, 11) is 4.23. The molecule has 6 aliphatic carbocycles. The van der Waals surface area contributed by atoms with Crippen LogP contribution in [0.4, 0.5) is 23.0 Å². The van der Waals surface area contributed by atoms with Gasteiger partial charge in [0.2, 0.25) is 0 Å². The van der Waals surface area contributed by atoms with Crippen molar-refractivity contribution < 1.29 is 59.5 Å². The van der Waals surface area contributed by atoms with Crippen molar-refractivity contribution in [2.75, 3.05) is 33.7 Å². The predicted octanol–water partition coefficient (Wildman–Crippen LogP) is 7.82. The number of quaternary nitrogens is 1. The van der Waals surface area contributed by atoms with Gasteiger partial charge in [0.15, 0.2) is 0 Å². The summed E-state index contributed by atoms with van der Waals surface area (Å²) in [5.41, 5.74) is 21.5. The number of halogens is 6. The highest BCUT2D eigenvalue weighted by Gasteiger charge is 2.65. The lowest BCUT2D eigenvalue weighted by Gasteiger charge is -2.53. The van der Waals surface area contributed by atoms with E-state index in [1.54, 1.807) is 11.1 Å². The van der Waals surface area contributed by atoms with Crippen LogP contribution in [0.1, 0.15) is 90.1 Å². The van der Waals surface area contributed by atoms with Gasteiger partial charge < -0.3 is 31.9 Å². The van der Waals surface area contributed by atoms with E-state index in [2.05, 4.69) is 132 Å². The van der Waals surface area contributed by atoms with Gasteiger partial charge in [-0.15, -0.1) is 0 Å². The summed E-state index contributed by atoms with van der Waals surface area (Å²) >= 11 is 0. The van der Waals surface area contributed by atoms with Gasteiger partial charge in [-0.1, -0.05) is 72.9 Å². The van der Waals surface area contributed by atoms with Gasteiger partial charge >= 0.3 is 0 Å². The number of allylic oxidation sites excluding steroid dienone is 6. The normalized spacial score (nSPS) is 34.4. The number of hydrogen-bond acceptors (Lipinski definition) is 6. The van der Waals surface area contributed by atoms with E-state index in [-0.39, 0.29) is 62.4 Å². The minimum Gasteiger partial charge on any atom is -1.00 e. The second-order valence-electron chi connectivity index (χ2n) is 21.6. The standard InChI is InChI=1S/C19H22NO2.C19H21NO.C18H19NO.ClH.2F2.FH/c1-11-4-6-13-10-15-14-7-5-12(2)18-19(14,8-9-20(15,3)21)16(13)17(11)22-18;1-11-4-6-13-10-15-14-7-5-12(2)18-19(14,8-9-20(15)3)16(13)17(11)21-18;1-10-3-5-12-9-14-13-6-4-11(2)17-18(13,7-8-19-14)15(12)16(10)20-17;;2*1-2;/h4-7,15,18,21H,8-10H2,1-3H3;4-7,15,18H,8-10H2,1-3H3;3-6,14,17,19H,7-9H2,1-2H3;1H;;;1H/q+1;;;;;;/p-1/t15?,18-,19-,20+;15?,18-,19-;14?,17-,18-;;;;/m000..../s1. The van der Waals surface area contributed by atoms with Crippen LogP contribution in [0.15, 0.2) is 106 Å². The molecule has 7 nitrogen and oxygen atoms in total. The predicted molar refractivity (Wildman–Crippen MR) is 254 cm³/mol. The molecule has 69 heavy (non-hydrogen) atoms. The minimum absolute atomic E-state index is 0. The molecule has 3 aromatic carbocycles. The fraction of sp³-hybridized carbons (Fsp3) is 0.464. The number of hydroxylamine groups is 3. The van der Waals surface area contributed by atoms with E-state index >= 15 is 0 Å². The topological polar surface area (TPSA) is 63.2 Å². The van der Waals surface area contributed by atoms with E-state index in [9.17, 15) is 5.21 Å². The van der Waals surface area contributed by atoms with Gasteiger partial charge in [0, 0.05) is 65.5 Å². The number of nitrogens with one attached hydrogen (secondary N) is 1. The Balaban J connectivity index is 0.000000123. The van der Waals surface area contributed by atoms with Crippen molar-refractivity contribution in [3.8, 4) is 17.2 Å². The van der Waals surface area contributed by atoms with Crippen molar-refractivity contribution in [3.05, 3.63) is 156 Å². The summed E-state index contributed by atoms with van der Waals surface area (Å²) in [6.07, 6.45) is 20.8. The molecule has 10 atom stereocenters. The van der Waals surface area contributed by atoms with Gasteiger partial charge in [-0.2, -0.15) is 4.65 Å². The summed E-state index contributed by atoms with van der Waals surface area (Å²) in [6.45, 7) is 16.2. The summed E-state index contributed by atoms with van der Waals surface area (Å²) < 4.78 is 51.6. The molecular weight excluding hydrogens is 909 g/mol. The maximum atomic E-state index is 10.9. The van der Waals surface area contributed by atoms with E-state index in [4.69, 9.17) is 32.5 Å². The van der Waals surface area contributed by atoms with Crippen molar-refractivity contribution in [1.29, 1.82) is 0 Å². The first-order chi connectivity index (χ1) is 32.3. The molecule has 2 N–H and O–H groups in total. The van der Waals surface area contributed by atoms with Gasteiger partial charge in [0.1, 0.15) is 48.1 Å². The summed E-state index contributed by atoms with van der Waals surface area (Å²) in [5.74, 6) is 3.46. The smallest absolute Gasteiger partial charge is 0.145 e. The van der Waals surface area contributed by atoms with Gasteiger partial charge in [0.05, 0.1) is 23.3 Å². The lowest BCUT2D eigenvalue weighted by atomic mass is 9.56. The van der Waals surface area contributed by atoms with Crippen LogP contribution in [0.25, 0.3) is 0 Å². The highest BCUT2D eigenvalue weighted by atomic mass is 35.5. The molecule has 6 bridgehead atoms. The lowest BCUT2D eigenvalue weighted by Crippen LogP contribution is -3.00. The number of benzene rings is 3. The van der Waals surface area contributed by atoms with Crippen molar-refractivity contribution >= 4 is 0 Å². The van der Waals surface area contributed by atoms with Gasteiger partial charge in [0.25, 0.3) is 0 Å². The monoisotopic (exact) mass is 971 g/mol. The Labute approximate surface area is 408 Å². The Morgan fingerprint density at radius 2 is 1.03 bits per heavy atom. The molecular formula is C56H63ClF5N3O4. The first-order valence-corrected chi connectivity index (χ1v) is 24.1. The number of ether oxygens (including phenoxy) is 3. The fourth-order valence-electron chi connectivity index (χ4n) is 15.4. The van der Waals surface area contributed by atoms with Crippen molar-refractivity contribution in [3.63, 3.8) is 0 Å². The molecule has 0 saturated carbocycles. The van der Waals surface area contributed by atoms with Crippen LogP contribution in [-0.2, 0) is 35.5 Å². The van der Waals surface area contributed by atoms with E-state index < -0.39 is 0 Å². The second kappa shape index (κ2) is 17.3. The molecule has 3 spiro atoms. The molecule has 0 amide bonds. The summed E-state index contributed by atoms with van der Waals surface area (Å²) in [4.78, 5) is 2.53. The second-order valence-corrected chi connectivity index (χ2v) is 21.6. The number of likely N-dealkylation sites (N-methyl/N-ethyl adjacent to an activating group) is 2. The van der Waals surface area contributed by atoms with Crippen LogP contribution >= 0.6 is 0 Å². The molecule has 3 saturated heterocycles. The molecule has 0 aromatic heterocycles. The highest BCUT2D eigenvalue weighted by molar-refractivity contribution is 5.69. The number of hydrogen-bond donors (Lipinski definition) is 2. The van der Waals surface area contributed by atoms with Gasteiger partial charge in [-0.05, 0) is 149 Å². The Bertz CT molecular complexity index is 2840. The van der Waals surface area contributed by atoms with Crippen LogP contribution in [0, 0.1) is 20.8 Å². The zero-order valence-corrected chi connectivity index (χ0v) is 41.4. The van der Waals surface area contributed by atoms with Crippen molar-refractivity contribution in [2.24, 2.45) is 0 Å². The molecule has 12 aliphatic rings. The molecule has 6 heterocycles. The number of nitrogens with zero attached hydrogens (tertiary/aromatic N) is 2. The number of rotatable bonds is 0. The van der Waals surface area contributed by atoms with Crippen LogP contribution in [0.5, 0.6) is 17.2 Å². The Morgan fingerprint density at radius 3 is 1.55 bits per heavy atom. The van der Waals surface area contributed by atoms with Crippen LogP contribution in [-0.4, -0.2) is 84.9 Å². The van der Waals surface area contributed by atoms with Gasteiger partial charge in [-0.3, -0.25) is 9.60 Å².